The predicted octanol–water partition coefficient (Wildman–Crippen LogP) is 1.33. The maximum Gasteiger partial charge on any atom is 0.0628 e. The molecule has 1 atom stereocenters. The molecule has 1 aromatic heterocycles. The largest absolute Gasteiger partial charge is 0.380 e. The first-order valence-electron chi connectivity index (χ1n) is 5.88. The highest BCUT2D eigenvalue weighted by Gasteiger charge is 2.11. The highest BCUT2D eigenvalue weighted by Crippen LogP contribution is 2.14. The van der Waals surface area contributed by atoms with Gasteiger partial charge < -0.3 is 10.5 Å². The van der Waals surface area contributed by atoms with Crippen LogP contribution < -0.4 is 5.73 Å². The molecular formula is C12H23N3O. The van der Waals surface area contributed by atoms with Gasteiger partial charge in [0.05, 0.1) is 12.3 Å². The Morgan fingerprint density at radius 3 is 2.62 bits per heavy atom. The van der Waals surface area contributed by atoms with Crippen LogP contribution in [0, 0.1) is 13.8 Å². The molecule has 0 radical (unpaired) electrons. The molecule has 4 nitrogen and oxygen atoms in total. The van der Waals surface area contributed by atoms with Crippen molar-refractivity contribution in [1.29, 1.82) is 0 Å². The summed E-state index contributed by atoms with van der Waals surface area (Å²) in [6, 6.07) is 0.124. The molecular weight excluding hydrogens is 202 g/mol. The number of rotatable bonds is 6. The van der Waals surface area contributed by atoms with Gasteiger partial charge in [-0.25, -0.2) is 0 Å². The molecule has 0 aliphatic heterocycles. The Hall–Kier alpha value is -0.870. The summed E-state index contributed by atoms with van der Waals surface area (Å²) in [7, 11) is 1.98. The van der Waals surface area contributed by atoms with Crippen molar-refractivity contribution in [2.24, 2.45) is 12.8 Å². The molecule has 16 heavy (non-hydrogen) atoms. The van der Waals surface area contributed by atoms with Crippen molar-refractivity contribution >= 4 is 0 Å². The lowest BCUT2D eigenvalue weighted by atomic mass is 10.0. The van der Waals surface area contributed by atoms with Crippen LogP contribution >= 0.6 is 0 Å². The Balaban J connectivity index is 2.48. The summed E-state index contributed by atoms with van der Waals surface area (Å²) in [5, 5.41) is 4.40. The molecule has 0 spiro atoms. The average molecular weight is 225 g/mol. The summed E-state index contributed by atoms with van der Waals surface area (Å²) in [5.74, 6) is 0. The van der Waals surface area contributed by atoms with Crippen LogP contribution in [-0.2, 0) is 18.2 Å². The van der Waals surface area contributed by atoms with Crippen LogP contribution in [0.4, 0.5) is 0 Å². The molecule has 1 heterocycles. The summed E-state index contributed by atoms with van der Waals surface area (Å²) in [4.78, 5) is 0. The van der Waals surface area contributed by atoms with Crippen molar-refractivity contribution in [2.45, 2.75) is 39.7 Å². The Morgan fingerprint density at radius 2 is 2.12 bits per heavy atom. The number of ether oxygens (including phenoxy) is 1. The third kappa shape index (κ3) is 3.32. The summed E-state index contributed by atoms with van der Waals surface area (Å²) in [6.07, 6.45) is 1.94. The zero-order valence-electron chi connectivity index (χ0n) is 10.8. The molecule has 2 N–H and O–H groups in total. The minimum Gasteiger partial charge on any atom is -0.380 e. The van der Waals surface area contributed by atoms with E-state index in [4.69, 9.17) is 10.5 Å². The fraction of sp³-hybridized carbons (Fsp3) is 0.750. The van der Waals surface area contributed by atoms with Gasteiger partial charge in [0.25, 0.3) is 0 Å². The Labute approximate surface area is 97.8 Å². The highest BCUT2D eigenvalue weighted by atomic mass is 16.5. The van der Waals surface area contributed by atoms with E-state index in [1.54, 1.807) is 0 Å². The number of hydrogen-bond acceptors (Lipinski definition) is 3. The van der Waals surface area contributed by atoms with Crippen LogP contribution in [0.2, 0.25) is 0 Å². The second kappa shape index (κ2) is 6.01. The van der Waals surface area contributed by atoms with Crippen molar-refractivity contribution in [3.63, 3.8) is 0 Å². The molecule has 0 amide bonds. The first-order chi connectivity index (χ1) is 7.56. The van der Waals surface area contributed by atoms with Crippen LogP contribution in [0.15, 0.2) is 0 Å². The molecule has 0 saturated heterocycles. The molecule has 0 bridgehead atoms. The number of nitrogens with two attached hydrogens (primary N) is 1. The third-order valence-corrected chi connectivity index (χ3v) is 2.96. The summed E-state index contributed by atoms with van der Waals surface area (Å²) in [5.41, 5.74) is 9.64. The Bertz CT molecular complexity index is 333. The van der Waals surface area contributed by atoms with Gasteiger partial charge in [0.1, 0.15) is 0 Å². The van der Waals surface area contributed by atoms with E-state index in [0.29, 0.717) is 6.61 Å². The zero-order chi connectivity index (χ0) is 12.1. The fourth-order valence-electron chi connectivity index (χ4n) is 1.86. The predicted molar refractivity (Wildman–Crippen MR) is 65.5 cm³/mol. The van der Waals surface area contributed by atoms with E-state index >= 15 is 0 Å². The lowest BCUT2D eigenvalue weighted by molar-refractivity contribution is 0.131. The molecule has 1 aromatic rings. The van der Waals surface area contributed by atoms with Crippen LogP contribution in [0.5, 0.6) is 0 Å². The van der Waals surface area contributed by atoms with E-state index in [1.165, 1.54) is 11.3 Å². The number of aryl methyl sites for hydroxylation is 2. The monoisotopic (exact) mass is 225 g/mol. The minimum atomic E-state index is 0.124. The van der Waals surface area contributed by atoms with Gasteiger partial charge in [-0.3, -0.25) is 4.68 Å². The van der Waals surface area contributed by atoms with Crippen molar-refractivity contribution in [3.8, 4) is 0 Å². The second-order valence-electron chi connectivity index (χ2n) is 4.23. The maximum absolute atomic E-state index is 5.96. The van der Waals surface area contributed by atoms with Gasteiger partial charge >= 0.3 is 0 Å². The number of aromatic nitrogens is 2. The van der Waals surface area contributed by atoms with Crippen molar-refractivity contribution < 1.29 is 4.74 Å². The topological polar surface area (TPSA) is 53.1 Å². The van der Waals surface area contributed by atoms with E-state index in [0.717, 1.165) is 25.1 Å². The number of nitrogens with zero attached hydrogens (tertiary/aromatic N) is 2. The third-order valence-electron chi connectivity index (χ3n) is 2.96. The number of hydrogen-bond donors (Lipinski definition) is 1. The average Bonchev–Trinajstić information content (AvgIpc) is 2.48. The van der Waals surface area contributed by atoms with Crippen LogP contribution in [0.3, 0.4) is 0 Å². The van der Waals surface area contributed by atoms with Crippen molar-refractivity contribution in [3.05, 3.63) is 17.0 Å². The van der Waals surface area contributed by atoms with E-state index in [-0.39, 0.29) is 6.04 Å². The van der Waals surface area contributed by atoms with Crippen molar-refractivity contribution in [1.82, 2.24) is 9.78 Å². The van der Waals surface area contributed by atoms with Gasteiger partial charge in [0, 0.05) is 25.4 Å². The Kier molecular flexibility index (Phi) is 4.96. The molecule has 1 unspecified atom stereocenters. The van der Waals surface area contributed by atoms with Crippen LogP contribution in [0.1, 0.15) is 30.3 Å². The van der Waals surface area contributed by atoms with E-state index < -0.39 is 0 Å². The lowest BCUT2D eigenvalue weighted by Crippen LogP contribution is -2.26. The van der Waals surface area contributed by atoms with Crippen molar-refractivity contribution in [2.75, 3.05) is 13.2 Å². The smallest absolute Gasteiger partial charge is 0.0628 e. The van der Waals surface area contributed by atoms with Gasteiger partial charge in [-0.1, -0.05) is 0 Å². The van der Waals surface area contributed by atoms with Gasteiger partial charge in [-0.2, -0.15) is 5.10 Å². The minimum absolute atomic E-state index is 0.124. The lowest BCUT2D eigenvalue weighted by Gasteiger charge is -2.11. The zero-order valence-corrected chi connectivity index (χ0v) is 10.8. The molecule has 0 aromatic carbocycles. The first kappa shape index (κ1) is 13.2. The highest BCUT2D eigenvalue weighted by molar-refractivity contribution is 5.24. The molecule has 0 aliphatic rings. The quantitative estimate of drug-likeness (QED) is 0.794. The molecule has 92 valence electrons. The van der Waals surface area contributed by atoms with Gasteiger partial charge in [0.2, 0.25) is 0 Å². The molecule has 0 aliphatic carbocycles. The SMILES string of the molecule is CCOCC(N)CCc1c(C)nn(C)c1C. The van der Waals surface area contributed by atoms with Gasteiger partial charge in [-0.05, 0) is 39.2 Å². The molecule has 4 heteroatoms. The van der Waals surface area contributed by atoms with E-state index in [1.807, 2.05) is 18.7 Å². The fourth-order valence-corrected chi connectivity index (χ4v) is 1.86. The molecule has 0 saturated carbocycles. The standard InChI is InChI=1S/C12H23N3O/c1-5-16-8-11(13)6-7-12-9(2)14-15(4)10(12)3/h11H,5-8,13H2,1-4H3. The molecule has 1 rings (SSSR count). The summed E-state index contributed by atoms with van der Waals surface area (Å²) >= 11 is 0. The maximum atomic E-state index is 5.96. The van der Waals surface area contributed by atoms with Gasteiger partial charge in [-0.15, -0.1) is 0 Å². The van der Waals surface area contributed by atoms with E-state index in [9.17, 15) is 0 Å². The molecule has 0 fully saturated rings. The summed E-state index contributed by atoms with van der Waals surface area (Å²) in [6.45, 7) is 7.52. The Morgan fingerprint density at radius 1 is 1.44 bits per heavy atom. The normalized spacial score (nSPS) is 13.1. The van der Waals surface area contributed by atoms with E-state index in [2.05, 4.69) is 18.9 Å². The van der Waals surface area contributed by atoms with Crippen LogP contribution in [0.25, 0.3) is 0 Å². The van der Waals surface area contributed by atoms with Gasteiger partial charge in [0.15, 0.2) is 0 Å². The first-order valence-corrected chi connectivity index (χ1v) is 5.88. The van der Waals surface area contributed by atoms with Crippen LogP contribution in [-0.4, -0.2) is 29.0 Å². The second-order valence-corrected chi connectivity index (χ2v) is 4.23. The summed E-state index contributed by atoms with van der Waals surface area (Å²) < 4.78 is 7.23.